The zero-order valence-corrected chi connectivity index (χ0v) is 11.1. The van der Waals surface area contributed by atoms with E-state index in [0.717, 1.165) is 28.6 Å². The molecule has 104 valence electrons. The van der Waals surface area contributed by atoms with Crippen molar-refractivity contribution in [2.24, 2.45) is 5.10 Å². The zero-order chi connectivity index (χ0) is 14.2. The van der Waals surface area contributed by atoms with Crippen LogP contribution in [0.1, 0.15) is 16.8 Å². The Balaban J connectivity index is 1.80. The molecule has 0 saturated carbocycles. The third kappa shape index (κ3) is 1.92. The van der Waals surface area contributed by atoms with Gasteiger partial charge < -0.3 is 9.40 Å². The second-order valence-electron chi connectivity index (χ2n) is 4.85. The Morgan fingerprint density at radius 3 is 3.14 bits per heavy atom. The predicted octanol–water partition coefficient (Wildman–Crippen LogP) is 2.65. The van der Waals surface area contributed by atoms with Gasteiger partial charge in [-0.25, -0.2) is 9.99 Å². The molecule has 1 aliphatic heterocycles. The number of H-pyrrole nitrogens is 1. The summed E-state index contributed by atoms with van der Waals surface area (Å²) in [5.74, 6) is -0.127. The highest BCUT2D eigenvalue weighted by Crippen LogP contribution is 2.28. The molecule has 0 aromatic carbocycles. The summed E-state index contributed by atoms with van der Waals surface area (Å²) in [4.78, 5) is 19.8. The number of carbonyl (C=O) groups excluding carboxylic acids is 1. The van der Waals surface area contributed by atoms with Crippen molar-refractivity contribution in [3.8, 4) is 11.1 Å². The molecule has 0 radical (unpaired) electrons. The summed E-state index contributed by atoms with van der Waals surface area (Å²) in [5.41, 5.74) is 3.19. The third-order valence-electron chi connectivity index (χ3n) is 3.54. The van der Waals surface area contributed by atoms with E-state index >= 15 is 0 Å². The minimum atomic E-state index is -0.127. The van der Waals surface area contributed by atoms with E-state index in [1.54, 1.807) is 24.9 Å². The molecule has 1 amide bonds. The number of carbonyl (C=O) groups is 1. The summed E-state index contributed by atoms with van der Waals surface area (Å²) in [6.45, 7) is 0.624. The summed E-state index contributed by atoms with van der Waals surface area (Å²) >= 11 is 0. The Kier molecular flexibility index (Phi) is 2.60. The standard InChI is InChI=1S/C15H12N4O2/c20-15(19-4-1-3-18-19)11-6-12-13(10-2-5-21-9-10)8-17-14(12)16-7-11/h2-3,5-9H,1,4H2,(H,16,17). The second-order valence-corrected chi connectivity index (χ2v) is 4.85. The van der Waals surface area contributed by atoms with Gasteiger partial charge in [0.25, 0.3) is 5.91 Å². The lowest BCUT2D eigenvalue weighted by molar-refractivity contribution is 0.0778. The molecule has 0 saturated heterocycles. The first kappa shape index (κ1) is 11.9. The number of aromatic amines is 1. The first-order valence-corrected chi connectivity index (χ1v) is 6.67. The van der Waals surface area contributed by atoms with Gasteiger partial charge in [0.05, 0.1) is 18.1 Å². The molecule has 4 rings (SSSR count). The Hall–Kier alpha value is -2.89. The number of hydrazone groups is 1. The van der Waals surface area contributed by atoms with E-state index in [1.165, 1.54) is 5.01 Å². The molecule has 6 nitrogen and oxygen atoms in total. The lowest BCUT2D eigenvalue weighted by Crippen LogP contribution is -2.23. The summed E-state index contributed by atoms with van der Waals surface area (Å²) < 4.78 is 5.12. The normalized spacial score (nSPS) is 14.2. The van der Waals surface area contributed by atoms with Crippen LogP contribution < -0.4 is 0 Å². The maximum Gasteiger partial charge on any atom is 0.275 e. The molecule has 6 heteroatoms. The van der Waals surface area contributed by atoms with Gasteiger partial charge in [-0.05, 0) is 12.1 Å². The lowest BCUT2D eigenvalue weighted by atomic mass is 10.1. The summed E-state index contributed by atoms with van der Waals surface area (Å²) in [5, 5.41) is 6.42. The van der Waals surface area contributed by atoms with Crippen molar-refractivity contribution < 1.29 is 9.21 Å². The van der Waals surface area contributed by atoms with Crippen molar-refractivity contribution in [2.45, 2.75) is 6.42 Å². The van der Waals surface area contributed by atoms with E-state index in [9.17, 15) is 4.79 Å². The van der Waals surface area contributed by atoms with Gasteiger partial charge in [0.2, 0.25) is 0 Å². The number of amides is 1. The van der Waals surface area contributed by atoms with Crippen LogP contribution in [0.3, 0.4) is 0 Å². The van der Waals surface area contributed by atoms with Crippen molar-refractivity contribution in [3.05, 3.63) is 42.6 Å². The number of pyridine rings is 1. The molecule has 0 unspecified atom stereocenters. The fourth-order valence-corrected chi connectivity index (χ4v) is 2.47. The smallest absolute Gasteiger partial charge is 0.275 e. The van der Waals surface area contributed by atoms with E-state index < -0.39 is 0 Å². The molecule has 0 fully saturated rings. The fraction of sp³-hybridized carbons (Fsp3) is 0.133. The van der Waals surface area contributed by atoms with Crippen LogP contribution in [0, 0.1) is 0 Å². The molecule has 0 spiro atoms. The Morgan fingerprint density at radius 2 is 2.38 bits per heavy atom. The Bertz CT molecular complexity index is 833. The van der Waals surface area contributed by atoms with Gasteiger partial charge in [-0.2, -0.15) is 5.10 Å². The van der Waals surface area contributed by atoms with Crippen LogP contribution >= 0.6 is 0 Å². The Morgan fingerprint density at radius 1 is 1.43 bits per heavy atom. The monoisotopic (exact) mass is 280 g/mol. The van der Waals surface area contributed by atoms with Gasteiger partial charge in [-0.1, -0.05) is 0 Å². The van der Waals surface area contributed by atoms with Gasteiger partial charge in [-0.3, -0.25) is 4.79 Å². The second kappa shape index (κ2) is 4.59. The number of rotatable bonds is 2. The number of hydrogen-bond acceptors (Lipinski definition) is 4. The highest BCUT2D eigenvalue weighted by molar-refractivity contribution is 6.01. The molecule has 0 bridgehead atoms. The molecular formula is C15H12N4O2. The molecule has 21 heavy (non-hydrogen) atoms. The highest BCUT2D eigenvalue weighted by atomic mass is 16.3. The van der Waals surface area contributed by atoms with Crippen LogP contribution in [0.2, 0.25) is 0 Å². The molecular weight excluding hydrogens is 268 g/mol. The Labute approximate surface area is 120 Å². The minimum absolute atomic E-state index is 0.127. The van der Waals surface area contributed by atoms with Crippen molar-refractivity contribution in [3.63, 3.8) is 0 Å². The van der Waals surface area contributed by atoms with E-state index in [-0.39, 0.29) is 5.91 Å². The molecule has 3 aromatic rings. The van der Waals surface area contributed by atoms with Crippen molar-refractivity contribution >= 4 is 23.2 Å². The van der Waals surface area contributed by atoms with Gasteiger partial charge in [0.1, 0.15) is 5.65 Å². The molecule has 3 aromatic heterocycles. The van der Waals surface area contributed by atoms with Crippen LogP contribution in [-0.4, -0.2) is 33.6 Å². The number of aromatic nitrogens is 2. The predicted molar refractivity (Wildman–Crippen MR) is 77.9 cm³/mol. The summed E-state index contributed by atoms with van der Waals surface area (Å²) in [6, 6.07) is 3.72. The molecule has 0 atom stereocenters. The highest BCUT2D eigenvalue weighted by Gasteiger charge is 2.19. The average Bonchev–Trinajstić information content (AvgIpc) is 3.25. The SMILES string of the molecule is O=C(c1cnc2[nH]cc(-c3ccoc3)c2c1)N1CCC=N1. The maximum atomic E-state index is 12.4. The largest absolute Gasteiger partial charge is 0.472 e. The van der Waals surface area contributed by atoms with Crippen molar-refractivity contribution in [1.29, 1.82) is 0 Å². The van der Waals surface area contributed by atoms with Gasteiger partial charge in [0, 0.05) is 48.1 Å². The summed E-state index contributed by atoms with van der Waals surface area (Å²) in [6.07, 6.45) is 9.28. The quantitative estimate of drug-likeness (QED) is 0.784. The van der Waals surface area contributed by atoms with E-state index in [1.807, 2.05) is 18.3 Å². The van der Waals surface area contributed by atoms with Crippen LogP contribution in [0.25, 0.3) is 22.2 Å². The first-order valence-electron chi connectivity index (χ1n) is 6.67. The summed E-state index contributed by atoms with van der Waals surface area (Å²) in [7, 11) is 0. The minimum Gasteiger partial charge on any atom is -0.472 e. The van der Waals surface area contributed by atoms with Crippen LogP contribution in [0.5, 0.6) is 0 Å². The van der Waals surface area contributed by atoms with Crippen LogP contribution in [0.15, 0.2) is 46.6 Å². The maximum absolute atomic E-state index is 12.4. The fourth-order valence-electron chi connectivity index (χ4n) is 2.47. The molecule has 0 aliphatic carbocycles. The van der Waals surface area contributed by atoms with Gasteiger partial charge in [0.15, 0.2) is 0 Å². The topological polar surface area (TPSA) is 74.5 Å². The number of fused-ring (bicyclic) bond motifs is 1. The van der Waals surface area contributed by atoms with Crippen LogP contribution in [0.4, 0.5) is 0 Å². The van der Waals surface area contributed by atoms with Gasteiger partial charge in [-0.15, -0.1) is 0 Å². The number of nitrogens with one attached hydrogen (secondary N) is 1. The van der Waals surface area contributed by atoms with E-state index in [2.05, 4.69) is 15.1 Å². The lowest BCUT2D eigenvalue weighted by Gasteiger charge is -2.11. The van der Waals surface area contributed by atoms with E-state index in [0.29, 0.717) is 12.1 Å². The zero-order valence-electron chi connectivity index (χ0n) is 11.1. The van der Waals surface area contributed by atoms with Gasteiger partial charge >= 0.3 is 0 Å². The number of nitrogens with zero attached hydrogens (tertiary/aromatic N) is 3. The molecule has 4 heterocycles. The molecule has 1 aliphatic rings. The van der Waals surface area contributed by atoms with E-state index in [4.69, 9.17) is 4.42 Å². The van der Waals surface area contributed by atoms with Crippen molar-refractivity contribution in [1.82, 2.24) is 15.0 Å². The number of furan rings is 1. The third-order valence-corrected chi connectivity index (χ3v) is 3.54. The first-order chi connectivity index (χ1) is 10.3. The molecule has 1 N–H and O–H groups in total. The number of hydrogen-bond donors (Lipinski definition) is 1. The van der Waals surface area contributed by atoms with Crippen molar-refractivity contribution in [2.75, 3.05) is 6.54 Å². The average molecular weight is 280 g/mol. The van der Waals surface area contributed by atoms with Crippen LogP contribution in [-0.2, 0) is 0 Å².